The molecular formula is C11H14BrNO4S. The molecule has 1 aromatic rings. The van der Waals surface area contributed by atoms with Gasteiger partial charge < -0.3 is 5.11 Å². The summed E-state index contributed by atoms with van der Waals surface area (Å²) in [6, 6.07) is 7.28. The first kappa shape index (κ1) is 15.1. The van der Waals surface area contributed by atoms with Crippen molar-refractivity contribution in [2.75, 3.05) is 12.8 Å². The van der Waals surface area contributed by atoms with E-state index >= 15 is 0 Å². The molecule has 0 aliphatic carbocycles. The summed E-state index contributed by atoms with van der Waals surface area (Å²) in [6.07, 6.45) is -0.382. The van der Waals surface area contributed by atoms with Crippen LogP contribution in [0.4, 0.5) is 0 Å². The summed E-state index contributed by atoms with van der Waals surface area (Å²) in [5.41, 5.74) is 0.847. The predicted molar refractivity (Wildman–Crippen MR) is 71.6 cm³/mol. The van der Waals surface area contributed by atoms with Gasteiger partial charge in [0.25, 0.3) is 0 Å². The highest BCUT2D eigenvalue weighted by molar-refractivity contribution is 9.10. The smallest absolute Gasteiger partial charge is 0.304 e. The highest BCUT2D eigenvalue weighted by Gasteiger charge is 2.19. The number of hydrogen-bond acceptors (Lipinski definition) is 3. The Morgan fingerprint density at radius 3 is 2.39 bits per heavy atom. The molecule has 0 unspecified atom stereocenters. The maximum absolute atomic E-state index is 11.8. The van der Waals surface area contributed by atoms with Crippen LogP contribution in [0, 0.1) is 0 Å². The number of nitrogens with zero attached hydrogens (tertiary/aromatic N) is 1. The van der Waals surface area contributed by atoms with Crippen LogP contribution in [0.1, 0.15) is 12.0 Å². The monoisotopic (exact) mass is 335 g/mol. The maximum atomic E-state index is 11.8. The van der Waals surface area contributed by atoms with Gasteiger partial charge in [0, 0.05) is 18.1 Å². The lowest BCUT2D eigenvalue weighted by molar-refractivity contribution is -0.136. The zero-order valence-corrected chi connectivity index (χ0v) is 12.2. The highest BCUT2D eigenvalue weighted by Crippen LogP contribution is 2.13. The van der Waals surface area contributed by atoms with Crippen molar-refractivity contribution in [1.82, 2.24) is 4.31 Å². The van der Waals surface area contributed by atoms with Crippen LogP contribution in [0.25, 0.3) is 0 Å². The van der Waals surface area contributed by atoms with E-state index in [9.17, 15) is 13.2 Å². The van der Waals surface area contributed by atoms with Gasteiger partial charge >= 0.3 is 5.97 Å². The molecule has 0 spiro atoms. The molecule has 0 aliphatic heterocycles. The van der Waals surface area contributed by atoms with Crippen LogP contribution in [-0.4, -0.2) is 36.6 Å². The third kappa shape index (κ3) is 4.75. The molecule has 0 heterocycles. The first-order valence-electron chi connectivity index (χ1n) is 5.21. The average Bonchev–Trinajstić information content (AvgIpc) is 2.29. The van der Waals surface area contributed by atoms with E-state index in [0.29, 0.717) is 0 Å². The number of halogens is 1. The van der Waals surface area contributed by atoms with Gasteiger partial charge in [-0.3, -0.25) is 4.79 Å². The van der Waals surface area contributed by atoms with Crippen LogP contribution in [0.2, 0.25) is 0 Å². The van der Waals surface area contributed by atoms with E-state index in [0.717, 1.165) is 10.0 Å². The summed E-state index contributed by atoms with van der Waals surface area (Å²) in [4.78, 5) is 10.4. The molecule has 1 N–H and O–H groups in total. The second-order valence-electron chi connectivity index (χ2n) is 3.84. The average molecular weight is 336 g/mol. The van der Waals surface area contributed by atoms with E-state index < -0.39 is 16.0 Å². The SMILES string of the molecule is CN(Cc1ccc(Br)cc1)S(=O)(=O)CCC(=O)O. The predicted octanol–water partition coefficient (Wildman–Crippen LogP) is 1.69. The van der Waals surface area contributed by atoms with Gasteiger partial charge in [-0.1, -0.05) is 28.1 Å². The van der Waals surface area contributed by atoms with Crippen molar-refractivity contribution in [1.29, 1.82) is 0 Å². The van der Waals surface area contributed by atoms with Crippen LogP contribution in [-0.2, 0) is 21.4 Å². The standard InChI is InChI=1S/C11H14BrNO4S/c1-13(18(16,17)7-6-11(14)15)8-9-2-4-10(12)5-3-9/h2-5H,6-8H2,1H3,(H,14,15). The molecule has 0 aliphatic rings. The summed E-state index contributed by atoms with van der Waals surface area (Å²) in [5.74, 6) is -1.49. The van der Waals surface area contributed by atoms with Gasteiger partial charge in [0.05, 0.1) is 12.2 Å². The van der Waals surface area contributed by atoms with Crippen LogP contribution in [0.3, 0.4) is 0 Å². The van der Waals surface area contributed by atoms with E-state index in [4.69, 9.17) is 5.11 Å². The van der Waals surface area contributed by atoms with Crippen LogP contribution in [0.5, 0.6) is 0 Å². The molecular weight excluding hydrogens is 322 g/mol. The number of benzene rings is 1. The number of hydrogen-bond donors (Lipinski definition) is 1. The second kappa shape index (κ2) is 6.31. The minimum Gasteiger partial charge on any atom is -0.481 e. The molecule has 0 aromatic heterocycles. The van der Waals surface area contributed by atoms with Gasteiger partial charge in [-0.25, -0.2) is 12.7 Å². The summed E-state index contributed by atoms with van der Waals surface area (Å²) >= 11 is 3.29. The Balaban J connectivity index is 2.66. The quantitative estimate of drug-likeness (QED) is 0.858. The lowest BCUT2D eigenvalue weighted by Gasteiger charge is -2.16. The number of carboxylic acids is 1. The molecule has 100 valence electrons. The largest absolute Gasteiger partial charge is 0.481 e. The Labute approximate surface area is 115 Å². The topological polar surface area (TPSA) is 74.7 Å². The van der Waals surface area contributed by atoms with E-state index in [2.05, 4.69) is 15.9 Å². The van der Waals surface area contributed by atoms with Gasteiger partial charge in [0.15, 0.2) is 0 Å². The van der Waals surface area contributed by atoms with Crippen LogP contribution in [0.15, 0.2) is 28.7 Å². The van der Waals surface area contributed by atoms with Crippen molar-refractivity contribution in [3.8, 4) is 0 Å². The van der Waals surface area contributed by atoms with E-state index in [1.165, 1.54) is 11.4 Å². The fourth-order valence-electron chi connectivity index (χ4n) is 1.32. The molecule has 7 heteroatoms. The van der Waals surface area contributed by atoms with E-state index in [1.54, 1.807) is 0 Å². The van der Waals surface area contributed by atoms with Crippen molar-refractivity contribution in [2.45, 2.75) is 13.0 Å². The zero-order chi connectivity index (χ0) is 13.8. The zero-order valence-electron chi connectivity index (χ0n) is 9.84. The number of aliphatic carboxylic acids is 1. The lowest BCUT2D eigenvalue weighted by atomic mass is 10.2. The number of carboxylic acid groups (broad SMARTS) is 1. The van der Waals surface area contributed by atoms with Gasteiger partial charge in [-0.15, -0.1) is 0 Å². The van der Waals surface area contributed by atoms with Crippen molar-refractivity contribution in [3.63, 3.8) is 0 Å². The molecule has 0 amide bonds. The third-order valence-electron chi connectivity index (χ3n) is 2.37. The number of sulfonamides is 1. The van der Waals surface area contributed by atoms with E-state index in [1.807, 2.05) is 24.3 Å². The van der Waals surface area contributed by atoms with Crippen molar-refractivity contribution < 1.29 is 18.3 Å². The molecule has 0 bridgehead atoms. The molecule has 1 rings (SSSR count). The first-order chi connectivity index (χ1) is 8.31. The van der Waals surface area contributed by atoms with Gasteiger partial charge in [0.1, 0.15) is 0 Å². The Bertz CT molecular complexity index is 512. The first-order valence-corrected chi connectivity index (χ1v) is 7.62. The number of rotatable bonds is 6. The second-order valence-corrected chi connectivity index (χ2v) is 6.95. The lowest BCUT2D eigenvalue weighted by Crippen LogP contribution is -2.29. The molecule has 0 saturated heterocycles. The summed E-state index contributed by atoms with van der Waals surface area (Å²) in [6.45, 7) is 0.231. The Kier molecular flexibility index (Phi) is 5.30. The minimum atomic E-state index is -3.52. The van der Waals surface area contributed by atoms with Crippen LogP contribution >= 0.6 is 15.9 Å². The Morgan fingerprint density at radius 1 is 1.33 bits per heavy atom. The van der Waals surface area contributed by atoms with E-state index in [-0.39, 0.29) is 18.7 Å². The van der Waals surface area contributed by atoms with Gasteiger partial charge in [-0.05, 0) is 17.7 Å². The van der Waals surface area contributed by atoms with Crippen LogP contribution < -0.4 is 0 Å². The molecule has 18 heavy (non-hydrogen) atoms. The Morgan fingerprint density at radius 2 is 1.89 bits per heavy atom. The number of carbonyl (C=O) groups is 1. The highest BCUT2D eigenvalue weighted by atomic mass is 79.9. The van der Waals surface area contributed by atoms with Gasteiger partial charge in [0.2, 0.25) is 10.0 Å². The normalized spacial score (nSPS) is 11.7. The molecule has 0 atom stereocenters. The fourth-order valence-corrected chi connectivity index (χ4v) is 2.67. The van der Waals surface area contributed by atoms with Gasteiger partial charge in [-0.2, -0.15) is 0 Å². The molecule has 1 aromatic carbocycles. The third-order valence-corrected chi connectivity index (χ3v) is 4.69. The Hall–Kier alpha value is -0.920. The summed E-state index contributed by atoms with van der Waals surface area (Å²) in [5, 5.41) is 8.49. The van der Waals surface area contributed by atoms with Crippen molar-refractivity contribution in [3.05, 3.63) is 34.3 Å². The molecule has 5 nitrogen and oxygen atoms in total. The maximum Gasteiger partial charge on any atom is 0.304 e. The summed E-state index contributed by atoms with van der Waals surface area (Å²) < 4.78 is 25.6. The molecule has 0 saturated carbocycles. The minimum absolute atomic E-state index is 0.231. The van der Waals surface area contributed by atoms with Crippen molar-refractivity contribution >= 4 is 31.9 Å². The molecule has 0 radical (unpaired) electrons. The fraction of sp³-hybridized carbons (Fsp3) is 0.364. The molecule has 0 fully saturated rings. The van der Waals surface area contributed by atoms with Crippen molar-refractivity contribution in [2.24, 2.45) is 0 Å². The summed E-state index contributed by atoms with van der Waals surface area (Å²) in [7, 11) is -2.08.